The lowest BCUT2D eigenvalue weighted by atomic mass is 9.85. The van der Waals surface area contributed by atoms with Gasteiger partial charge >= 0.3 is 0 Å². The molecular formula is C49H60N8O10S. The SMILES string of the molecule is Cc1ncsc1-c1ccc(CNC(=O)[C@@H]2C[C@@H](O)CN2C(=O)[C@@H](NC(=O)COCCOCCOCCNC(=O)c2ccc(CCOc3cc(-c4ccccc4O)nnc3N)cc2)C(C)(C)C)cc1. The van der Waals surface area contributed by atoms with Crippen LogP contribution in [0.25, 0.3) is 21.7 Å². The van der Waals surface area contributed by atoms with Crippen molar-refractivity contribution in [3.8, 4) is 33.2 Å². The molecule has 0 spiro atoms. The van der Waals surface area contributed by atoms with Crippen LogP contribution in [0.4, 0.5) is 5.82 Å². The lowest BCUT2D eigenvalue weighted by Crippen LogP contribution is -2.58. The zero-order chi connectivity index (χ0) is 48.6. The quantitative estimate of drug-likeness (QED) is 0.0506. The molecule has 0 bridgehead atoms. The Morgan fingerprint density at radius 3 is 2.26 bits per heavy atom. The second-order valence-corrected chi connectivity index (χ2v) is 18.1. The molecule has 1 aliphatic heterocycles. The van der Waals surface area contributed by atoms with Crippen molar-refractivity contribution in [3.05, 3.63) is 107 Å². The molecule has 68 heavy (non-hydrogen) atoms. The Morgan fingerprint density at radius 1 is 0.882 bits per heavy atom. The highest BCUT2D eigenvalue weighted by Crippen LogP contribution is 2.31. The number of aromatic nitrogens is 3. The highest BCUT2D eigenvalue weighted by atomic mass is 32.1. The number of carbonyl (C=O) groups excluding carboxylic acids is 4. The second kappa shape index (κ2) is 24.5. The van der Waals surface area contributed by atoms with Gasteiger partial charge in [0.25, 0.3) is 5.91 Å². The monoisotopic (exact) mass is 952 g/mol. The standard InChI is InChI=1S/C49H60N8O10S/c1-31-43(68-30-53-31)34-13-11-33(12-14-34)27-52-47(62)39-25-36(58)28-57(39)48(63)44(49(2,3)4)54-42(60)29-66-24-23-65-22-21-64-20-18-51-46(61)35-15-9-32(10-16-35)17-19-67-41-26-38(55-56-45(41)50)37-7-5-6-8-40(37)59/h5-16,26,30,36,39,44,58-59H,17-25,27-29H2,1-4H3,(H2,50,56)(H,51,61)(H,52,62)(H,54,60)/t36-,39+,44-/m1/s1. The second-order valence-electron chi connectivity index (χ2n) is 17.3. The van der Waals surface area contributed by atoms with Gasteiger partial charge in [-0.15, -0.1) is 21.5 Å². The maximum absolute atomic E-state index is 13.9. The fourth-order valence-electron chi connectivity index (χ4n) is 7.35. The van der Waals surface area contributed by atoms with Gasteiger partial charge in [0.1, 0.15) is 30.1 Å². The molecule has 19 heteroatoms. The number of thiazole rings is 1. The van der Waals surface area contributed by atoms with Crippen molar-refractivity contribution in [1.29, 1.82) is 0 Å². The first-order valence-electron chi connectivity index (χ1n) is 22.4. The predicted molar refractivity (Wildman–Crippen MR) is 256 cm³/mol. The van der Waals surface area contributed by atoms with Crippen LogP contribution in [0.3, 0.4) is 0 Å². The fourth-order valence-corrected chi connectivity index (χ4v) is 8.16. The van der Waals surface area contributed by atoms with Crippen LogP contribution in [-0.4, -0.2) is 131 Å². The number of ether oxygens (including phenoxy) is 4. The Bertz CT molecular complexity index is 2460. The minimum Gasteiger partial charge on any atom is -0.507 e. The smallest absolute Gasteiger partial charge is 0.251 e. The van der Waals surface area contributed by atoms with Gasteiger partial charge in [0.05, 0.1) is 61.8 Å². The number of anilines is 1. The number of aliphatic hydroxyl groups excluding tert-OH is 1. The van der Waals surface area contributed by atoms with Crippen LogP contribution < -0.4 is 26.4 Å². The number of nitrogen functional groups attached to an aromatic ring is 1. The minimum atomic E-state index is -0.983. The summed E-state index contributed by atoms with van der Waals surface area (Å²) in [6.07, 6.45) is -0.246. The van der Waals surface area contributed by atoms with Crippen LogP contribution in [0.2, 0.25) is 0 Å². The number of nitrogens with one attached hydrogen (secondary N) is 3. The number of amides is 4. The van der Waals surface area contributed by atoms with E-state index in [0.29, 0.717) is 42.1 Å². The van der Waals surface area contributed by atoms with Crippen LogP contribution in [0.5, 0.6) is 11.5 Å². The number of benzene rings is 3. The van der Waals surface area contributed by atoms with Gasteiger partial charge in [-0.3, -0.25) is 19.2 Å². The summed E-state index contributed by atoms with van der Waals surface area (Å²) in [5.74, 6) is -1.02. The lowest BCUT2D eigenvalue weighted by Gasteiger charge is -2.35. The van der Waals surface area contributed by atoms with Crippen molar-refractivity contribution in [3.63, 3.8) is 0 Å². The van der Waals surface area contributed by atoms with Crippen molar-refractivity contribution < 1.29 is 48.3 Å². The molecule has 3 atom stereocenters. The molecule has 18 nitrogen and oxygen atoms in total. The Balaban J connectivity index is 0.816. The number of hydrogen-bond acceptors (Lipinski definition) is 15. The van der Waals surface area contributed by atoms with E-state index in [-0.39, 0.29) is 82.5 Å². The number of likely N-dealkylation sites (tertiary alicyclic amines) is 1. The van der Waals surface area contributed by atoms with E-state index >= 15 is 0 Å². The van der Waals surface area contributed by atoms with Crippen LogP contribution in [0, 0.1) is 12.3 Å². The molecule has 2 aromatic heterocycles. The van der Waals surface area contributed by atoms with E-state index in [1.54, 1.807) is 59.3 Å². The third kappa shape index (κ3) is 14.5. The third-order valence-corrected chi connectivity index (χ3v) is 12.0. The molecule has 4 amide bonds. The molecular weight excluding hydrogens is 893 g/mol. The van der Waals surface area contributed by atoms with Crippen LogP contribution in [-0.2, 0) is 41.6 Å². The molecule has 5 aromatic rings. The zero-order valence-corrected chi connectivity index (χ0v) is 39.6. The molecule has 0 unspecified atom stereocenters. The number of para-hydroxylation sites is 1. The van der Waals surface area contributed by atoms with Crippen molar-refractivity contribution in [2.75, 3.05) is 65.1 Å². The Morgan fingerprint density at radius 2 is 1.57 bits per heavy atom. The fraction of sp³-hybridized carbons (Fsp3) is 0.408. The van der Waals surface area contributed by atoms with Gasteiger partial charge in [-0.2, -0.15) is 0 Å². The van der Waals surface area contributed by atoms with Crippen LogP contribution >= 0.6 is 11.3 Å². The number of nitrogens with two attached hydrogens (primary N) is 1. The lowest BCUT2D eigenvalue weighted by molar-refractivity contribution is -0.144. The molecule has 0 radical (unpaired) electrons. The summed E-state index contributed by atoms with van der Waals surface area (Å²) in [5.41, 5.74) is 12.3. The molecule has 1 saturated heterocycles. The van der Waals surface area contributed by atoms with Gasteiger partial charge in [-0.05, 0) is 53.3 Å². The van der Waals surface area contributed by atoms with Crippen molar-refractivity contribution >= 4 is 40.8 Å². The van der Waals surface area contributed by atoms with Gasteiger partial charge in [0, 0.05) is 49.7 Å². The minimum absolute atomic E-state index is 0.0297. The van der Waals surface area contributed by atoms with E-state index in [1.807, 2.05) is 64.1 Å². The molecule has 7 N–H and O–H groups in total. The molecule has 3 aromatic carbocycles. The predicted octanol–water partition coefficient (Wildman–Crippen LogP) is 4.07. The summed E-state index contributed by atoms with van der Waals surface area (Å²) in [6, 6.07) is 21.5. The largest absolute Gasteiger partial charge is 0.507 e. The van der Waals surface area contributed by atoms with Crippen molar-refractivity contribution in [2.45, 2.75) is 65.3 Å². The number of aryl methyl sites for hydroxylation is 1. The summed E-state index contributed by atoms with van der Waals surface area (Å²) < 4.78 is 22.5. The number of aliphatic hydroxyl groups is 1. The Hall–Kier alpha value is -6.51. The molecule has 1 fully saturated rings. The molecule has 362 valence electrons. The Labute approximate surface area is 399 Å². The summed E-state index contributed by atoms with van der Waals surface area (Å²) in [4.78, 5) is 59.7. The third-order valence-electron chi connectivity index (χ3n) is 11.1. The van der Waals surface area contributed by atoms with Gasteiger partial charge in [-0.1, -0.05) is 69.3 Å². The van der Waals surface area contributed by atoms with Gasteiger partial charge in [-0.25, -0.2) is 4.98 Å². The van der Waals surface area contributed by atoms with Gasteiger partial charge < -0.3 is 55.7 Å². The zero-order valence-electron chi connectivity index (χ0n) is 38.7. The number of rotatable bonds is 23. The van der Waals surface area contributed by atoms with E-state index in [4.69, 9.17) is 24.7 Å². The first-order chi connectivity index (χ1) is 32.7. The molecule has 0 aliphatic carbocycles. The first kappa shape index (κ1) is 50.9. The number of hydrogen-bond donors (Lipinski definition) is 6. The van der Waals surface area contributed by atoms with Crippen LogP contribution in [0.15, 0.2) is 84.4 Å². The number of phenolic OH excluding ortho intramolecular Hbond substituents is 1. The highest BCUT2D eigenvalue weighted by molar-refractivity contribution is 7.13. The number of phenols is 1. The normalized spacial score (nSPS) is 15.2. The van der Waals surface area contributed by atoms with Crippen molar-refractivity contribution in [2.24, 2.45) is 5.41 Å². The molecule has 3 heterocycles. The molecule has 6 rings (SSSR count). The summed E-state index contributed by atoms with van der Waals surface area (Å²) in [6.45, 7) is 9.06. The number of nitrogens with zero attached hydrogens (tertiary/aromatic N) is 4. The van der Waals surface area contributed by atoms with E-state index in [9.17, 15) is 29.4 Å². The average Bonchev–Trinajstić information content (AvgIpc) is 3.94. The summed E-state index contributed by atoms with van der Waals surface area (Å²) in [7, 11) is 0. The Kier molecular flexibility index (Phi) is 18.3. The maximum atomic E-state index is 13.9. The number of aromatic hydroxyl groups is 1. The average molecular weight is 953 g/mol. The molecule has 1 aliphatic rings. The van der Waals surface area contributed by atoms with E-state index in [0.717, 1.165) is 27.3 Å². The first-order valence-corrected chi connectivity index (χ1v) is 23.3. The maximum Gasteiger partial charge on any atom is 0.251 e. The topological polar surface area (TPSA) is 250 Å². The van der Waals surface area contributed by atoms with E-state index in [1.165, 1.54) is 4.90 Å². The van der Waals surface area contributed by atoms with E-state index in [2.05, 4.69) is 31.1 Å². The van der Waals surface area contributed by atoms with Gasteiger partial charge in [0.2, 0.25) is 17.7 Å². The number of carbonyl (C=O) groups is 4. The van der Waals surface area contributed by atoms with E-state index < -0.39 is 35.4 Å². The number of β-amino-alcohol motifs (C(OH)–C–C–N with tert-alkyl or cyclic N) is 1. The van der Waals surface area contributed by atoms with Crippen LogP contribution in [0.1, 0.15) is 54.4 Å². The molecule has 0 saturated carbocycles. The highest BCUT2D eigenvalue weighted by Gasteiger charge is 2.44. The van der Waals surface area contributed by atoms with Crippen molar-refractivity contribution in [1.82, 2.24) is 36.0 Å². The summed E-state index contributed by atoms with van der Waals surface area (Å²) >= 11 is 1.56. The van der Waals surface area contributed by atoms with Gasteiger partial charge in [0.15, 0.2) is 11.6 Å². The summed E-state index contributed by atoms with van der Waals surface area (Å²) in [5, 5.41) is 37.2.